The summed E-state index contributed by atoms with van der Waals surface area (Å²) in [6.07, 6.45) is 9.76. The molecule has 0 bridgehead atoms. The molecule has 2 unspecified atom stereocenters. The lowest BCUT2D eigenvalue weighted by atomic mass is 9.60. The third kappa shape index (κ3) is 5.92. The van der Waals surface area contributed by atoms with Crippen molar-refractivity contribution in [3.05, 3.63) is 0 Å². The Morgan fingerprint density at radius 2 is 1.04 bits per heavy atom. The van der Waals surface area contributed by atoms with E-state index in [2.05, 4.69) is 13.8 Å². The molecule has 0 aromatic rings. The summed E-state index contributed by atoms with van der Waals surface area (Å²) in [6.45, 7) is 8.82. The minimum Gasteiger partial charge on any atom is -0.368 e. The van der Waals surface area contributed by atoms with Crippen LogP contribution in [0.4, 0.5) is 0 Å². The van der Waals surface area contributed by atoms with Crippen molar-refractivity contribution in [2.45, 2.75) is 117 Å². The second-order valence-corrected chi connectivity index (χ2v) is 8.77. The molecule has 2 aliphatic carbocycles. The van der Waals surface area contributed by atoms with E-state index in [0.29, 0.717) is 18.3 Å². The van der Waals surface area contributed by atoms with E-state index in [0.717, 1.165) is 37.5 Å². The first-order valence-electron chi connectivity index (χ1n) is 10.5. The lowest BCUT2D eigenvalue weighted by Gasteiger charge is -2.46. The van der Waals surface area contributed by atoms with Crippen LogP contribution in [0.15, 0.2) is 0 Å². The van der Waals surface area contributed by atoms with Crippen molar-refractivity contribution < 1.29 is 19.7 Å². The topological polar surface area (TPSA) is 58.9 Å². The Balaban J connectivity index is 1.78. The maximum atomic E-state index is 9.69. The van der Waals surface area contributed by atoms with Crippen molar-refractivity contribution in [1.82, 2.24) is 0 Å². The van der Waals surface area contributed by atoms with Crippen LogP contribution in [0.25, 0.3) is 0 Å². The van der Waals surface area contributed by atoms with Gasteiger partial charge in [0.25, 0.3) is 0 Å². The van der Waals surface area contributed by atoms with Crippen LogP contribution in [0, 0.1) is 17.3 Å². The zero-order valence-corrected chi connectivity index (χ0v) is 16.7. The monoisotopic (exact) mass is 356 g/mol. The predicted molar refractivity (Wildman–Crippen MR) is 100 cm³/mol. The Morgan fingerprint density at radius 1 is 0.720 bits per heavy atom. The molecule has 2 fully saturated rings. The molecule has 2 N–H and O–H groups in total. The van der Waals surface area contributed by atoms with Gasteiger partial charge in [0.15, 0.2) is 12.6 Å². The molecule has 148 valence electrons. The van der Waals surface area contributed by atoms with E-state index in [-0.39, 0.29) is 12.2 Å². The minimum absolute atomic E-state index is 0.238. The number of rotatable bonds is 8. The molecule has 4 nitrogen and oxygen atoms in total. The van der Waals surface area contributed by atoms with Crippen LogP contribution in [0.1, 0.15) is 91.9 Å². The molecular weight excluding hydrogens is 316 g/mol. The SMILES string of the molecule is CCC(O)OC1CCC(C(C)(C)C2CCC(OC(O)CC)CC2)CC1. The maximum absolute atomic E-state index is 9.69. The molecule has 2 saturated carbocycles. The van der Waals surface area contributed by atoms with Gasteiger partial charge in [0.2, 0.25) is 0 Å². The van der Waals surface area contributed by atoms with Gasteiger partial charge in [-0.1, -0.05) is 27.7 Å². The summed E-state index contributed by atoms with van der Waals surface area (Å²) < 4.78 is 11.4. The lowest BCUT2D eigenvalue weighted by Crippen LogP contribution is -2.39. The highest BCUT2D eigenvalue weighted by molar-refractivity contribution is 4.91. The van der Waals surface area contributed by atoms with Crippen LogP contribution < -0.4 is 0 Å². The molecule has 0 aromatic carbocycles. The van der Waals surface area contributed by atoms with Gasteiger partial charge in [0, 0.05) is 0 Å². The summed E-state index contributed by atoms with van der Waals surface area (Å²) in [5.74, 6) is 1.49. The molecule has 0 amide bonds. The number of aliphatic hydroxyl groups excluding tert-OH is 2. The van der Waals surface area contributed by atoms with Gasteiger partial charge >= 0.3 is 0 Å². The third-order valence-corrected chi connectivity index (χ3v) is 6.85. The summed E-state index contributed by atoms with van der Waals surface area (Å²) in [5, 5.41) is 19.4. The molecule has 2 atom stereocenters. The average Bonchev–Trinajstić information content (AvgIpc) is 2.62. The smallest absolute Gasteiger partial charge is 0.154 e. The Morgan fingerprint density at radius 3 is 1.32 bits per heavy atom. The average molecular weight is 357 g/mol. The zero-order chi connectivity index (χ0) is 18.4. The van der Waals surface area contributed by atoms with E-state index in [1.54, 1.807) is 0 Å². The number of hydrogen-bond acceptors (Lipinski definition) is 4. The van der Waals surface area contributed by atoms with Crippen molar-refractivity contribution in [2.75, 3.05) is 0 Å². The van der Waals surface area contributed by atoms with Gasteiger partial charge in [-0.25, -0.2) is 0 Å². The van der Waals surface area contributed by atoms with E-state index in [4.69, 9.17) is 9.47 Å². The van der Waals surface area contributed by atoms with E-state index >= 15 is 0 Å². The molecule has 0 heterocycles. The first-order valence-corrected chi connectivity index (χ1v) is 10.5. The molecule has 2 rings (SSSR count). The summed E-state index contributed by atoms with van der Waals surface area (Å²) in [5.41, 5.74) is 0.350. The molecule has 0 spiro atoms. The predicted octanol–water partition coefficient (Wildman–Crippen LogP) is 4.62. The quantitative estimate of drug-likeness (QED) is 0.623. The van der Waals surface area contributed by atoms with Crippen LogP contribution >= 0.6 is 0 Å². The zero-order valence-electron chi connectivity index (χ0n) is 16.7. The van der Waals surface area contributed by atoms with E-state index in [9.17, 15) is 10.2 Å². The molecule has 0 radical (unpaired) electrons. The Kier molecular flexibility index (Phi) is 8.19. The molecule has 0 aliphatic heterocycles. The largest absolute Gasteiger partial charge is 0.368 e. The van der Waals surface area contributed by atoms with Gasteiger partial charge in [-0.15, -0.1) is 0 Å². The second kappa shape index (κ2) is 9.68. The second-order valence-electron chi connectivity index (χ2n) is 8.77. The molecular formula is C21H40O4. The number of aliphatic hydroxyl groups is 2. The van der Waals surface area contributed by atoms with Gasteiger partial charge in [0.05, 0.1) is 12.2 Å². The number of hydrogen-bond donors (Lipinski definition) is 2. The van der Waals surface area contributed by atoms with Gasteiger partial charge in [-0.2, -0.15) is 0 Å². The van der Waals surface area contributed by atoms with Crippen molar-refractivity contribution in [1.29, 1.82) is 0 Å². The highest BCUT2D eigenvalue weighted by atomic mass is 16.6. The van der Waals surface area contributed by atoms with Crippen LogP contribution in [-0.4, -0.2) is 35.0 Å². The van der Waals surface area contributed by atoms with Crippen molar-refractivity contribution in [3.63, 3.8) is 0 Å². The first-order chi connectivity index (χ1) is 11.9. The van der Waals surface area contributed by atoms with Gasteiger partial charge < -0.3 is 19.7 Å². The fourth-order valence-electron chi connectivity index (χ4n) is 4.86. The molecule has 2 aliphatic rings. The van der Waals surface area contributed by atoms with Crippen molar-refractivity contribution in [3.8, 4) is 0 Å². The standard InChI is InChI=1S/C21H40O4/c1-5-19(22)24-17-11-7-15(8-12-17)21(3,4)16-9-13-18(14-10-16)25-20(23)6-2/h15-20,22-23H,5-14H2,1-4H3. The molecule has 0 saturated heterocycles. The molecule has 4 heteroatoms. The van der Waals surface area contributed by atoms with Gasteiger partial charge in [-0.05, 0) is 81.5 Å². The Labute approximate surface area is 154 Å². The highest BCUT2D eigenvalue weighted by Gasteiger charge is 2.41. The van der Waals surface area contributed by atoms with Gasteiger partial charge in [-0.3, -0.25) is 0 Å². The van der Waals surface area contributed by atoms with Crippen LogP contribution in [0.2, 0.25) is 0 Å². The minimum atomic E-state index is -0.594. The van der Waals surface area contributed by atoms with E-state index in [1.165, 1.54) is 25.7 Å². The Bertz CT molecular complexity index is 334. The molecule has 25 heavy (non-hydrogen) atoms. The molecule has 0 aromatic heterocycles. The van der Waals surface area contributed by atoms with Crippen LogP contribution in [0.5, 0.6) is 0 Å². The third-order valence-electron chi connectivity index (χ3n) is 6.85. The maximum Gasteiger partial charge on any atom is 0.154 e. The van der Waals surface area contributed by atoms with Crippen LogP contribution in [0.3, 0.4) is 0 Å². The van der Waals surface area contributed by atoms with E-state index in [1.807, 2.05) is 13.8 Å². The van der Waals surface area contributed by atoms with Crippen LogP contribution in [-0.2, 0) is 9.47 Å². The summed E-state index contributed by atoms with van der Waals surface area (Å²) in [6, 6.07) is 0. The Hall–Kier alpha value is -0.160. The number of ether oxygens (including phenoxy) is 2. The summed E-state index contributed by atoms with van der Waals surface area (Å²) >= 11 is 0. The fraction of sp³-hybridized carbons (Fsp3) is 1.00. The fourth-order valence-corrected chi connectivity index (χ4v) is 4.86. The first kappa shape index (κ1) is 21.1. The van der Waals surface area contributed by atoms with Crippen molar-refractivity contribution in [2.24, 2.45) is 17.3 Å². The van der Waals surface area contributed by atoms with Crippen molar-refractivity contribution >= 4 is 0 Å². The normalized spacial score (nSPS) is 33.8. The highest BCUT2D eigenvalue weighted by Crippen LogP contribution is 2.49. The van der Waals surface area contributed by atoms with Gasteiger partial charge in [0.1, 0.15) is 0 Å². The summed E-state index contributed by atoms with van der Waals surface area (Å²) in [4.78, 5) is 0. The van der Waals surface area contributed by atoms with E-state index < -0.39 is 12.6 Å². The summed E-state index contributed by atoms with van der Waals surface area (Å²) in [7, 11) is 0. The lowest BCUT2D eigenvalue weighted by molar-refractivity contribution is -0.156.